The van der Waals surface area contributed by atoms with Crippen LogP contribution in [-0.2, 0) is 4.79 Å². The van der Waals surface area contributed by atoms with E-state index in [0.717, 1.165) is 0 Å². The predicted molar refractivity (Wildman–Crippen MR) is 77.6 cm³/mol. The molecular formula is C12H15Cl2F2N3O. The van der Waals surface area contributed by atoms with Crippen LogP contribution in [0.3, 0.4) is 0 Å². The Morgan fingerprint density at radius 2 is 2.10 bits per heavy atom. The van der Waals surface area contributed by atoms with Crippen LogP contribution in [0.2, 0.25) is 10.0 Å². The van der Waals surface area contributed by atoms with Crippen molar-refractivity contribution in [2.24, 2.45) is 0 Å². The largest absolute Gasteiger partial charge is 0.397 e. The number of nitrogens with zero attached hydrogens (tertiary/aromatic N) is 1. The first-order chi connectivity index (χ1) is 9.29. The van der Waals surface area contributed by atoms with Crippen LogP contribution < -0.4 is 11.1 Å². The number of hydrogen-bond acceptors (Lipinski definition) is 3. The molecule has 1 aromatic carbocycles. The topological polar surface area (TPSA) is 58.4 Å². The lowest BCUT2D eigenvalue weighted by Gasteiger charge is -2.16. The van der Waals surface area contributed by atoms with E-state index in [1.54, 1.807) is 0 Å². The second-order valence-corrected chi connectivity index (χ2v) is 5.15. The fourth-order valence-corrected chi connectivity index (χ4v) is 2.10. The Morgan fingerprint density at radius 3 is 2.65 bits per heavy atom. The molecule has 8 heteroatoms. The van der Waals surface area contributed by atoms with E-state index in [1.807, 2.05) is 0 Å². The van der Waals surface area contributed by atoms with E-state index >= 15 is 0 Å². The van der Waals surface area contributed by atoms with Gasteiger partial charge in [-0.2, -0.15) is 0 Å². The van der Waals surface area contributed by atoms with Crippen LogP contribution in [0.5, 0.6) is 0 Å². The third-order valence-corrected chi connectivity index (χ3v) is 3.04. The van der Waals surface area contributed by atoms with Gasteiger partial charge in [-0.15, -0.1) is 0 Å². The summed E-state index contributed by atoms with van der Waals surface area (Å²) in [5.74, 6) is -0.359. The van der Waals surface area contributed by atoms with Gasteiger partial charge >= 0.3 is 0 Å². The minimum absolute atomic E-state index is 0.0572. The van der Waals surface area contributed by atoms with Gasteiger partial charge in [-0.05, 0) is 19.2 Å². The van der Waals surface area contributed by atoms with Crippen LogP contribution in [0.1, 0.15) is 6.42 Å². The van der Waals surface area contributed by atoms with Crippen molar-refractivity contribution in [3.63, 3.8) is 0 Å². The van der Waals surface area contributed by atoms with Gasteiger partial charge in [-0.1, -0.05) is 23.2 Å². The standard InChI is InChI=1S/C12H15Cl2F2N3O/c1-19(6-10(15)16)3-2-11(20)18-12-8(14)4-7(13)5-9(12)17/h4-5,10H,2-3,6,17H2,1H3,(H,18,20). The normalized spacial score (nSPS) is 11.2. The predicted octanol–water partition coefficient (Wildman–Crippen LogP) is 3.10. The van der Waals surface area contributed by atoms with Crippen molar-refractivity contribution in [1.29, 1.82) is 0 Å². The number of benzene rings is 1. The molecule has 1 aromatic rings. The molecule has 0 aliphatic rings. The second kappa shape index (κ2) is 7.61. The zero-order chi connectivity index (χ0) is 15.3. The van der Waals surface area contributed by atoms with Gasteiger partial charge in [0.05, 0.1) is 22.9 Å². The molecule has 112 valence electrons. The lowest BCUT2D eigenvalue weighted by atomic mass is 10.2. The van der Waals surface area contributed by atoms with Crippen LogP contribution in [0.4, 0.5) is 20.2 Å². The zero-order valence-corrected chi connectivity index (χ0v) is 12.3. The van der Waals surface area contributed by atoms with Gasteiger partial charge < -0.3 is 16.0 Å². The van der Waals surface area contributed by atoms with Gasteiger partial charge in [0.15, 0.2) is 0 Å². The molecule has 0 aliphatic heterocycles. The first-order valence-electron chi connectivity index (χ1n) is 5.80. The number of anilines is 2. The van der Waals surface area contributed by atoms with Crippen molar-refractivity contribution in [3.8, 4) is 0 Å². The molecule has 0 heterocycles. The summed E-state index contributed by atoms with van der Waals surface area (Å²) in [7, 11) is 1.52. The first kappa shape index (κ1) is 16.9. The summed E-state index contributed by atoms with van der Waals surface area (Å²) in [5.41, 5.74) is 6.22. The van der Waals surface area contributed by atoms with Crippen molar-refractivity contribution in [2.45, 2.75) is 12.8 Å². The lowest BCUT2D eigenvalue weighted by Crippen LogP contribution is -2.28. The van der Waals surface area contributed by atoms with Gasteiger partial charge in [0.25, 0.3) is 6.43 Å². The number of amides is 1. The van der Waals surface area contributed by atoms with E-state index in [9.17, 15) is 13.6 Å². The monoisotopic (exact) mass is 325 g/mol. The third kappa shape index (κ3) is 5.48. The molecule has 20 heavy (non-hydrogen) atoms. The molecule has 0 atom stereocenters. The van der Waals surface area contributed by atoms with Gasteiger partial charge in [-0.25, -0.2) is 8.78 Å². The molecule has 1 rings (SSSR count). The molecular weight excluding hydrogens is 311 g/mol. The van der Waals surface area contributed by atoms with E-state index in [0.29, 0.717) is 5.02 Å². The van der Waals surface area contributed by atoms with Crippen molar-refractivity contribution in [1.82, 2.24) is 4.90 Å². The smallest absolute Gasteiger partial charge is 0.251 e. The van der Waals surface area contributed by atoms with Gasteiger partial charge in [0, 0.05) is 18.0 Å². The number of hydrogen-bond donors (Lipinski definition) is 2. The zero-order valence-electron chi connectivity index (χ0n) is 10.8. The minimum atomic E-state index is -2.43. The number of halogens is 4. The van der Waals surface area contributed by atoms with Crippen molar-refractivity contribution in [3.05, 3.63) is 22.2 Å². The maximum atomic E-state index is 12.1. The lowest BCUT2D eigenvalue weighted by molar-refractivity contribution is -0.116. The molecule has 0 saturated heterocycles. The summed E-state index contributed by atoms with van der Waals surface area (Å²) >= 11 is 11.7. The highest BCUT2D eigenvalue weighted by atomic mass is 35.5. The summed E-state index contributed by atoms with van der Waals surface area (Å²) in [4.78, 5) is 13.1. The first-order valence-corrected chi connectivity index (χ1v) is 6.56. The molecule has 4 nitrogen and oxygen atoms in total. The van der Waals surface area contributed by atoms with Crippen molar-refractivity contribution in [2.75, 3.05) is 31.2 Å². The fourth-order valence-electron chi connectivity index (χ4n) is 1.55. The van der Waals surface area contributed by atoms with Crippen LogP contribution in [0, 0.1) is 0 Å². The van der Waals surface area contributed by atoms with E-state index in [1.165, 1.54) is 24.1 Å². The number of carbonyl (C=O) groups is 1. The Morgan fingerprint density at radius 1 is 1.45 bits per heavy atom. The molecule has 0 saturated carbocycles. The Bertz CT molecular complexity index is 463. The number of alkyl halides is 2. The Balaban J connectivity index is 2.55. The molecule has 0 bridgehead atoms. The van der Waals surface area contributed by atoms with Crippen molar-refractivity contribution >= 4 is 40.5 Å². The SMILES string of the molecule is CN(CCC(=O)Nc1c(N)cc(Cl)cc1Cl)CC(F)F. The van der Waals surface area contributed by atoms with E-state index in [4.69, 9.17) is 28.9 Å². The Labute approximate surface area is 125 Å². The van der Waals surface area contributed by atoms with E-state index in [2.05, 4.69) is 5.32 Å². The van der Waals surface area contributed by atoms with Crippen LogP contribution in [0.25, 0.3) is 0 Å². The van der Waals surface area contributed by atoms with Crippen LogP contribution in [-0.4, -0.2) is 37.4 Å². The molecule has 0 unspecified atom stereocenters. The molecule has 0 spiro atoms. The number of carbonyl (C=O) groups excluding carboxylic acids is 1. The van der Waals surface area contributed by atoms with Gasteiger partial charge in [0.1, 0.15) is 0 Å². The van der Waals surface area contributed by atoms with Gasteiger partial charge in [0.2, 0.25) is 5.91 Å². The van der Waals surface area contributed by atoms with E-state index < -0.39 is 6.43 Å². The summed E-state index contributed by atoms with van der Waals surface area (Å²) in [6, 6.07) is 2.92. The summed E-state index contributed by atoms with van der Waals surface area (Å²) in [6.07, 6.45) is -2.37. The maximum Gasteiger partial charge on any atom is 0.251 e. The Hall–Kier alpha value is -1.11. The fraction of sp³-hybridized carbons (Fsp3) is 0.417. The highest BCUT2D eigenvalue weighted by Crippen LogP contribution is 2.32. The average molecular weight is 326 g/mol. The quantitative estimate of drug-likeness (QED) is 0.790. The van der Waals surface area contributed by atoms with Gasteiger partial charge in [-0.3, -0.25) is 4.79 Å². The number of rotatable bonds is 6. The number of nitrogen functional groups attached to an aromatic ring is 1. The molecule has 1 amide bonds. The van der Waals surface area contributed by atoms with Crippen LogP contribution in [0.15, 0.2) is 12.1 Å². The third-order valence-electron chi connectivity index (χ3n) is 2.52. The number of nitrogens with two attached hydrogens (primary N) is 1. The Kier molecular flexibility index (Phi) is 6.45. The van der Waals surface area contributed by atoms with E-state index in [-0.39, 0.29) is 41.8 Å². The molecule has 0 aliphatic carbocycles. The number of nitrogens with one attached hydrogen (secondary N) is 1. The highest BCUT2D eigenvalue weighted by Gasteiger charge is 2.13. The molecule has 0 radical (unpaired) electrons. The maximum absolute atomic E-state index is 12.1. The molecule has 3 N–H and O–H groups in total. The highest BCUT2D eigenvalue weighted by molar-refractivity contribution is 6.37. The molecule has 0 aromatic heterocycles. The summed E-state index contributed by atoms with van der Waals surface area (Å²) in [5, 5.41) is 3.14. The van der Waals surface area contributed by atoms with Crippen LogP contribution >= 0.6 is 23.2 Å². The summed E-state index contributed by atoms with van der Waals surface area (Å²) in [6.45, 7) is -0.168. The summed E-state index contributed by atoms with van der Waals surface area (Å²) < 4.78 is 24.2. The van der Waals surface area contributed by atoms with Crippen molar-refractivity contribution < 1.29 is 13.6 Å². The molecule has 0 fully saturated rings. The average Bonchev–Trinajstić information content (AvgIpc) is 2.30. The second-order valence-electron chi connectivity index (χ2n) is 4.30. The minimum Gasteiger partial charge on any atom is -0.397 e.